The fourth-order valence-corrected chi connectivity index (χ4v) is 1.92. The van der Waals surface area contributed by atoms with Crippen molar-refractivity contribution in [1.82, 2.24) is 11.1 Å². The molecule has 0 amide bonds. The Hall–Kier alpha value is -1.34. The monoisotopic (exact) mass is 349 g/mol. The second-order valence-electron chi connectivity index (χ2n) is 5.96. The van der Waals surface area contributed by atoms with Crippen LogP contribution in [0.4, 0.5) is 0 Å². The van der Waals surface area contributed by atoms with E-state index in [-0.39, 0.29) is 12.1 Å². The molecule has 0 heterocycles. The molecule has 7 heteroatoms. The van der Waals surface area contributed by atoms with Crippen molar-refractivity contribution < 1.29 is 9.90 Å². The molecule has 0 aliphatic rings. The summed E-state index contributed by atoms with van der Waals surface area (Å²) in [6, 6.07) is 0. The number of carboxylic acid groups (broad SMARTS) is 1. The Morgan fingerprint density at radius 1 is 0.917 bits per heavy atom. The number of carbonyl (C=O) groups is 1. The van der Waals surface area contributed by atoms with E-state index in [0.29, 0.717) is 0 Å². The molecule has 0 fully saturated rings. The zero-order chi connectivity index (χ0) is 18.5. The van der Waals surface area contributed by atoms with Crippen LogP contribution in [-0.2, 0) is 4.79 Å². The van der Waals surface area contributed by atoms with Crippen molar-refractivity contribution in [1.29, 1.82) is 5.41 Å². The Labute approximate surface area is 149 Å². The first-order valence-corrected chi connectivity index (χ1v) is 8.67. The fourth-order valence-electron chi connectivity index (χ4n) is 1.92. The number of nitrogens with zero attached hydrogens (tertiary/aromatic N) is 1. The van der Waals surface area contributed by atoms with Gasteiger partial charge < -0.3 is 27.6 Å². The van der Waals surface area contributed by atoms with E-state index >= 15 is 0 Å². The lowest BCUT2D eigenvalue weighted by Gasteiger charge is -2.08. The van der Waals surface area contributed by atoms with Gasteiger partial charge in [0, 0.05) is 6.92 Å². The number of guanidine groups is 1. The van der Waals surface area contributed by atoms with Gasteiger partial charge in [-0.1, -0.05) is 64.7 Å². The molecule has 0 rings (SSSR count). The quantitative estimate of drug-likeness (QED) is 0.218. The first-order valence-electron chi connectivity index (χ1n) is 8.67. The molecular weight excluding hydrogens is 306 g/mol. The van der Waals surface area contributed by atoms with E-state index < -0.39 is 5.97 Å². The van der Waals surface area contributed by atoms with Gasteiger partial charge in [-0.2, -0.15) is 0 Å². The predicted molar refractivity (Wildman–Crippen MR) is 105 cm³/mol. The van der Waals surface area contributed by atoms with E-state index in [2.05, 4.69) is 37.4 Å². The number of nitrogens with one attached hydrogen (secondary N) is 1. The highest BCUT2D eigenvalue weighted by Crippen LogP contribution is 2.10. The van der Waals surface area contributed by atoms with Crippen LogP contribution in [0.1, 0.15) is 78.1 Å². The molecule has 0 radical (unpaired) electrons. The summed E-state index contributed by atoms with van der Waals surface area (Å²) in [6.07, 6.45) is 14.4. The summed E-state index contributed by atoms with van der Waals surface area (Å²) in [5.41, 5.74) is 8.94. The standard InChI is InChI=1S/C14H31N.C2H4O2.CH5N3.H3N/c1-4-5-6-7-8-9-10-11-12-13-14-15(2)3;1-2(3)4;2-1(3)4;/h4-14H2,1-3H3;1H3,(H,3,4);(H5,2,3,4);1H3. The summed E-state index contributed by atoms with van der Waals surface area (Å²) in [4.78, 5) is 11.3. The van der Waals surface area contributed by atoms with E-state index in [1.807, 2.05) is 0 Å². The summed E-state index contributed by atoms with van der Waals surface area (Å²) in [7, 11) is 4.32. The van der Waals surface area contributed by atoms with Crippen LogP contribution in [0.25, 0.3) is 0 Å². The lowest BCUT2D eigenvalue weighted by atomic mass is 10.1. The third kappa shape index (κ3) is 70.3. The Bertz CT molecular complexity index is 241. The van der Waals surface area contributed by atoms with Crippen molar-refractivity contribution in [2.75, 3.05) is 20.6 Å². The third-order valence-corrected chi connectivity index (χ3v) is 2.96. The Morgan fingerprint density at radius 2 is 1.17 bits per heavy atom. The van der Waals surface area contributed by atoms with Gasteiger partial charge in [0.15, 0.2) is 5.96 Å². The van der Waals surface area contributed by atoms with Crippen LogP contribution in [0.5, 0.6) is 0 Å². The van der Waals surface area contributed by atoms with E-state index in [0.717, 1.165) is 6.92 Å². The van der Waals surface area contributed by atoms with Gasteiger partial charge in [0.2, 0.25) is 0 Å². The SMILES string of the molecule is CC(=O)O.CCCCCCCCCCCCN(C)C.N.N=C(N)N. The summed E-state index contributed by atoms with van der Waals surface area (Å²) >= 11 is 0. The molecule has 0 aliphatic carbocycles. The zero-order valence-corrected chi connectivity index (χ0v) is 16.4. The Kier molecular flexibility index (Phi) is 33.8. The minimum absolute atomic E-state index is 0. The number of aliphatic carboxylic acids is 1. The molecule has 0 aromatic rings. The van der Waals surface area contributed by atoms with Crippen molar-refractivity contribution in [2.24, 2.45) is 11.5 Å². The zero-order valence-electron chi connectivity index (χ0n) is 16.4. The van der Waals surface area contributed by atoms with Crippen molar-refractivity contribution in [2.45, 2.75) is 78.1 Å². The van der Waals surface area contributed by atoms with E-state index in [1.165, 1.54) is 70.8 Å². The van der Waals surface area contributed by atoms with Gasteiger partial charge in [0.1, 0.15) is 0 Å². The average molecular weight is 350 g/mol. The largest absolute Gasteiger partial charge is 0.481 e. The number of nitrogens with two attached hydrogens (primary N) is 2. The van der Waals surface area contributed by atoms with Crippen LogP contribution in [-0.4, -0.2) is 42.6 Å². The number of hydrogen-bond donors (Lipinski definition) is 5. The van der Waals surface area contributed by atoms with Gasteiger partial charge in [-0.25, -0.2) is 0 Å². The van der Waals surface area contributed by atoms with E-state index in [1.54, 1.807) is 0 Å². The van der Waals surface area contributed by atoms with Gasteiger partial charge in [0.05, 0.1) is 0 Å². The lowest BCUT2D eigenvalue weighted by molar-refractivity contribution is -0.134. The van der Waals surface area contributed by atoms with Crippen LogP contribution < -0.4 is 17.6 Å². The van der Waals surface area contributed by atoms with Crippen LogP contribution in [0.2, 0.25) is 0 Å². The number of unbranched alkanes of at least 4 members (excludes halogenated alkanes) is 9. The lowest BCUT2D eigenvalue weighted by Crippen LogP contribution is -2.20. The van der Waals surface area contributed by atoms with E-state index in [9.17, 15) is 0 Å². The maximum absolute atomic E-state index is 9.00. The smallest absolute Gasteiger partial charge is 0.300 e. The van der Waals surface area contributed by atoms with Crippen molar-refractivity contribution in [3.8, 4) is 0 Å². The van der Waals surface area contributed by atoms with Gasteiger partial charge in [-0.05, 0) is 27.1 Å². The first-order chi connectivity index (χ1) is 10.7. The molecule has 7 nitrogen and oxygen atoms in total. The molecule has 0 aromatic heterocycles. The molecule has 0 unspecified atom stereocenters. The number of rotatable bonds is 11. The molecule has 0 aliphatic heterocycles. The van der Waals surface area contributed by atoms with Crippen molar-refractivity contribution in [3.63, 3.8) is 0 Å². The van der Waals surface area contributed by atoms with Gasteiger partial charge in [0.25, 0.3) is 5.97 Å². The minimum atomic E-state index is -0.833. The van der Waals surface area contributed by atoms with E-state index in [4.69, 9.17) is 15.3 Å². The van der Waals surface area contributed by atoms with Crippen molar-refractivity contribution in [3.05, 3.63) is 0 Å². The van der Waals surface area contributed by atoms with Gasteiger partial charge in [-0.15, -0.1) is 0 Å². The minimum Gasteiger partial charge on any atom is -0.481 e. The molecule has 0 saturated carbocycles. The number of hydrogen-bond acceptors (Lipinski definition) is 4. The summed E-state index contributed by atoms with van der Waals surface area (Å²) in [6.45, 7) is 4.63. The predicted octanol–water partition coefficient (Wildman–Crippen LogP) is 3.56. The highest BCUT2D eigenvalue weighted by atomic mass is 16.4. The topological polar surface area (TPSA) is 151 Å². The summed E-state index contributed by atoms with van der Waals surface area (Å²) in [5.74, 6) is -1.17. The van der Waals surface area contributed by atoms with Crippen LogP contribution in [0.3, 0.4) is 0 Å². The molecule has 0 spiro atoms. The van der Waals surface area contributed by atoms with Gasteiger partial charge >= 0.3 is 0 Å². The molecule has 0 aromatic carbocycles. The normalized spacial score (nSPS) is 9.04. The second-order valence-corrected chi connectivity index (χ2v) is 5.96. The summed E-state index contributed by atoms with van der Waals surface area (Å²) in [5, 5.41) is 13.5. The van der Waals surface area contributed by atoms with Crippen LogP contribution >= 0.6 is 0 Å². The summed E-state index contributed by atoms with van der Waals surface area (Å²) < 4.78 is 0. The highest BCUT2D eigenvalue weighted by molar-refractivity contribution is 5.71. The molecule has 0 saturated heterocycles. The van der Waals surface area contributed by atoms with Crippen molar-refractivity contribution >= 4 is 11.9 Å². The highest BCUT2D eigenvalue weighted by Gasteiger charge is 1.93. The molecule has 9 N–H and O–H groups in total. The molecule has 0 bridgehead atoms. The molecule has 24 heavy (non-hydrogen) atoms. The van der Waals surface area contributed by atoms with Crippen LogP contribution in [0, 0.1) is 5.41 Å². The fraction of sp³-hybridized carbons (Fsp3) is 0.882. The second kappa shape index (κ2) is 26.6. The Balaban J connectivity index is -0.000000186. The Morgan fingerprint density at radius 3 is 1.42 bits per heavy atom. The molecular formula is C17H43N5O2. The maximum atomic E-state index is 9.00. The van der Waals surface area contributed by atoms with Crippen LogP contribution in [0.15, 0.2) is 0 Å². The maximum Gasteiger partial charge on any atom is 0.300 e. The molecule has 0 atom stereocenters. The first kappa shape index (κ1) is 30.5. The average Bonchev–Trinajstić information content (AvgIpc) is 2.39. The third-order valence-electron chi connectivity index (χ3n) is 2.96. The number of carboxylic acids is 1. The van der Waals surface area contributed by atoms with Gasteiger partial charge in [-0.3, -0.25) is 10.2 Å². The molecule has 148 valence electrons.